The molecular weight excluding hydrogens is 310 g/mol. The van der Waals surface area contributed by atoms with Crippen molar-refractivity contribution in [3.63, 3.8) is 0 Å². The SMILES string of the molecule is CCc1csc(C2CCCN(C(=O)C(N)C3CCOCC3)C2)n1. The van der Waals surface area contributed by atoms with Crippen molar-refractivity contribution in [1.82, 2.24) is 9.88 Å². The Balaban J connectivity index is 1.61. The number of hydrogen-bond acceptors (Lipinski definition) is 5. The summed E-state index contributed by atoms with van der Waals surface area (Å²) in [6, 6.07) is -0.375. The van der Waals surface area contributed by atoms with Crippen molar-refractivity contribution in [2.75, 3.05) is 26.3 Å². The lowest BCUT2D eigenvalue weighted by Crippen LogP contribution is -2.51. The topological polar surface area (TPSA) is 68.5 Å². The quantitative estimate of drug-likeness (QED) is 0.914. The van der Waals surface area contributed by atoms with Crippen LogP contribution in [0.3, 0.4) is 0 Å². The zero-order chi connectivity index (χ0) is 16.2. The highest BCUT2D eigenvalue weighted by molar-refractivity contribution is 7.09. The number of aryl methyl sites for hydroxylation is 1. The first-order valence-electron chi connectivity index (χ1n) is 8.75. The van der Waals surface area contributed by atoms with E-state index >= 15 is 0 Å². The van der Waals surface area contributed by atoms with E-state index in [0.717, 1.165) is 64.1 Å². The van der Waals surface area contributed by atoms with Crippen LogP contribution in [-0.2, 0) is 16.0 Å². The normalized spacial score (nSPS) is 24.6. The first-order chi connectivity index (χ1) is 11.2. The Morgan fingerprint density at radius 3 is 2.96 bits per heavy atom. The molecule has 2 aliphatic heterocycles. The summed E-state index contributed by atoms with van der Waals surface area (Å²) in [5.41, 5.74) is 7.43. The number of aromatic nitrogens is 1. The molecule has 6 heteroatoms. The van der Waals surface area contributed by atoms with Gasteiger partial charge in [0.15, 0.2) is 0 Å². The number of ether oxygens (including phenoxy) is 1. The van der Waals surface area contributed by atoms with Crippen LogP contribution >= 0.6 is 11.3 Å². The van der Waals surface area contributed by atoms with Crippen molar-refractivity contribution in [3.8, 4) is 0 Å². The maximum absolute atomic E-state index is 12.8. The van der Waals surface area contributed by atoms with E-state index in [4.69, 9.17) is 15.5 Å². The van der Waals surface area contributed by atoms with E-state index in [1.807, 2.05) is 4.90 Å². The average molecular weight is 337 g/mol. The Labute approximate surface area is 142 Å². The van der Waals surface area contributed by atoms with Gasteiger partial charge in [0, 0.05) is 37.6 Å². The molecule has 0 aliphatic carbocycles. The van der Waals surface area contributed by atoms with Gasteiger partial charge in [-0.25, -0.2) is 4.98 Å². The largest absolute Gasteiger partial charge is 0.381 e. The molecule has 0 spiro atoms. The third kappa shape index (κ3) is 3.92. The number of carbonyl (C=O) groups excluding carboxylic acids is 1. The molecule has 2 atom stereocenters. The number of nitrogens with zero attached hydrogens (tertiary/aromatic N) is 2. The zero-order valence-electron chi connectivity index (χ0n) is 13.9. The average Bonchev–Trinajstić information content (AvgIpc) is 3.10. The van der Waals surface area contributed by atoms with Gasteiger partial charge < -0.3 is 15.4 Å². The van der Waals surface area contributed by atoms with E-state index in [9.17, 15) is 4.79 Å². The van der Waals surface area contributed by atoms with Crippen molar-refractivity contribution < 1.29 is 9.53 Å². The van der Waals surface area contributed by atoms with Crippen LogP contribution in [0.4, 0.5) is 0 Å². The predicted molar refractivity (Wildman–Crippen MR) is 91.6 cm³/mol. The second-order valence-electron chi connectivity index (χ2n) is 6.63. The molecule has 0 aromatic carbocycles. The molecule has 2 N–H and O–H groups in total. The molecule has 2 fully saturated rings. The minimum absolute atomic E-state index is 0.119. The van der Waals surface area contributed by atoms with Gasteiger partial charge in [0.2, 0.25) is 5.91 Å². The molecule has 0 radical (unpaired) electrons. The van der Waals surface area contributed by atoms with Crippen LogP contribution in [0.1, 0.15) is 49.2 Å². The molecule has 2 aliphatic rings. The molecule has 0 bridgehead atoms. The third-order valence-corrected chi connectivity index (χ3v) is 6.13. The highest BCUT2D eigenvalue weighted by Gasteiger charge is 2.33. The van der Waals surface area contributed by atoms with Crippen LogP contribution in [0, 0.1) is 5.92 Å². The highest BCUT2D eigenvalue weighted by Crippen LogP contribution is 2.30. The molecule has 1 amide bonds. The van der Waals surface area contributed by atoms with Gasteiger partial charge in [0.25, 0.3) is 0 Å². The van der Waals surface area contributed by atoms with Gasteiger partial charge in [-0.3, -0.25) is 4.79 Å². The van der Waals surface area contributed by atoms with Gasteiger partial charge in [-0.1, -0.05) is 6.92 Å². The first kappa shape index (κ1) is 16.9. The fourth-order valence-electron chi connectivity index (χ4n) is 3.54. The molecule has 128 valence electrons. The Hall–Kier alpha value is -0.980. The molecule has 2 saturated heterocycles. The van der Waals surface area contributed by atoms with Crippen molar-refractivity contribution >= 4 is 17.2 Å². The summed E-state index contributed by atoms with van der Waals surface area (Å²) in [5.74, 6) is 0.761. The van der Waals surface area contributed by atoms with E-state index in [0.29, 0.717) is 5.92 Å². The maximum Gasteiger partial charge on any atom is 0.239 e. The standard InChI is InChI=1S/C17H27N3O2S/c1-2-14-11-23-16(19-14)13-4-3-7-20(10-13)17(21)15(18)12-5-8-22-9-6-12/h11-13,15H,2-10,18H2,1H3. The fraction of sp³-hybridized carbons (Fsp3) is 0.765. The number of piperidine rings is 1. The molecule has 0 saturated carbocycles. The zero-order valence-corrected chi connectivity index (χ0v) is 14.7. The second kappa shape index (κ2) is 7.73. The predicted octanol–water partition coefficient (Wildman–Crippen LogP) is 2.17. The summed E-state index contributed by atoms with van der Waals surface area (Å²) in [4.78, 5) is 19.5. The Morgan fingerprint density at radius 2 is 2.26 bits per heavy atom. The summed E-state index contributed by atoms with van der Waals surface area (Å²) in [7, 11) is 0. The van der Waals surface area contributed by atoms with E-state index in [-0.39, 0.29) is 17.9 Å². The van der Waals surface area contributed by atoms with Crippen LogP contribution in [0.15, 0.2) is 5.38 Å². The van der Waals surface area contributed by atoms with Crippen LogP contribution in [0.5, 0.6) is 0 Å². The number of carbonyl (C=O) groups is 1. The lowest BCUT2D eigenvalue weighted by Gasteiger charge is -2.36. The summed E-state index contributed by atoms with van der Waals surface area (Å²) in [6.45, 7) is 5.19. The number of hydrogen-bond donors (Lipinski definition) is 1. The molecule has 5 nitrogen and oxygen atoms in total. The van der Waals surface area contributed by atoms with E-state index < -0.39 is 0 Å². The molecular formula is C17H27N3O2S. The molecule has 1 aromatic rings. The van der Waals surface area contributed by atoms with Gasteiger partial charge in [0.05, 0.1) is 16.7 Å². The summed E-state index contributed by atoms with van der Waals surface area (Å²) >= 11 is 1.73. The minimum Gasteiger partial charge on any atom is -0.381 e. The Bertz CT molecular complexity index is 528. The van der Waals surface area contributed by atoms with Gasteiger partial charge in [-0.15, -0.1) is 11.3 Å². The van der Waals surface area contributed by atoms with E-state index in [2.05, 4.69) is 12.3 Å². The van der Waals surface area contributed by atoms with Crippen molar-refractivity contribution in [2.24, 2.45) is 11.7 Å². The lowest BCUT2D eigenvalue weighted by atomic mass is 9.90. The highest BCUT2D eigenvalue weighted by atomic mass is 32.1. The van der Waals surface area contributed by atoms with Crippen LogP contribution < -0.4 is 5.73 Å². The minimum atomic E-state index is -0.375. The Morgan fingerprint density at radius 1 is 1.48 bits per heavy atom. The third-order valence-electron chi connectivity index (χ3n) is 5.07. The number of rotatable bonds is 4. The lowest BCUT2D eigenvalue weighted by molar-refractivity contribution is -0.136. The molecule has 2 unspecified atom stereocenters. The number of likely N-dealkylation sites (tertiary alicyclic amines) is 1. The maximum atomic E-state index is 12.8. The summed E-state index contributed by atoms with van der Waals surface area (Å²) in [5, 5.41) is 3.32. The first-order valence-corrected chi connectivity index (χ1v) is 9.63. The smallest absolute Gasteiger partial charge is 0.239 e. The molecule has 23 heavy (non-hydrogen) atoms. The fourth-order valence-corrected chi connectivity index (χ4v) is 4.57. The van der Waals surface area contributed by atoms with Gasteiger partial charge in [0.1, 0.15) is 0 Å². The van der Waals surface area contributed by atoms with Crippen molar-refractivity contribution in [1.29, 1.82) is 0 Å². The second-order valence-corrected chi connectivity index (χ2v) is 7.52. The summed E-state index contributed by atoms with van der Waals surface area (Å²) in [6.07, 6.45) is 4.93. The van der Waals surface area contributed by atoms with Crippen molar-refractivity contribution in [2.45, 2.75) is 51.0 Å². The van der Waals surface area contributed by atoms with Crippen molar-refractivity contribution in [3.05, 3.63) is 16.1 Å². The van der Waals surface area contributed by atoms with Crippen LogP contribution in [0.25, 0.3) is 0 Å². The number of amides is 1. The molecule has 3 rings (SSSR count). The summed E-state index contributed by atoms with van der Waals surface area (Å²) < 4.78 is 5.38. The van der Waals surface area contributed by atoms with Crippen LogP contribution in [0.2, 0.25) is 0 Å². The Kier molecular flexibility index (Phi) is 5.67. The monoisotopic (exact) mass is 337 g/mol. The van der Waals surface area contributed by atoms with Crippen LogP contribution in [-0.4, -0.2) is 48.1 Å². The van der Waals surface area contributed by atoms with E-state index in [1.165, 1.54) is 5.01 Å². The van der Waals surface area contributed by atoms with E-state index in [1.54, 1.807) is 11.3 Å². The molecule has 3 heterocycles. The van der Waals surface area contributed by atoms with Gasteiger partial charge in [-0.05, 0) is 38.0 Å². The number of thiazole rings is 1. The molecule has 1 aromatic heterocycles. The number of nitrogens with two attached hydrogens (primary N) is 1. The van der Waals surface area contributed by atoms with Gasteiger partial charge >= 0.3 is 0 Å². The van der Waals surface area contributed by atoms with Gasteiger partial charge in [-0.2, -0.15) is 0 Å².